The molecule has 0 saturated carbocycles. The molecule has 26 heavy (non-hydrogen) atoms. The van der Waals surface area contributed by atoms with E-state index in [1.54, 1.807) is 25.3 Å². The van der Waals surface area contributed by atoms with Gasteiger partial charge in [0.25, 0.3) is 0 Å². The van der Waals surface area contributed by atoms with E-state index in [1.165, 1.54) is 0 Å². The van der Waals surface area contributed by atoms with Crippen molar-refractivity contribution in [2.75, 3.05) is 13.7 Å². The predicted molar refractivity (Wildman–Crippen MR) is 103 cm³/mol. The van der Waals surface area contributed by atoms with Crippen molar-refractivity contribution < 1.29 is 9.47 Å². The molecule has 0 amide bonds. The zero-order valence-electron chi connectivity index (χ0n) is 14.8. The molecule has 0 spiro atoms. The lowest BCUT2D eigenvalue weighted by molar-refractivity contribution is 0.311. The zero-order valence-corrected chi connectivity index (χ0v) is 15.5. The highest BCUT2D eigenvalue weighted by Crippen LogP contribution is 2.37. The number of nitrogens with zero attached hydrogens (tertiary/aromatic N) is 3. The van der Waals surface area contributed by atoms with E-state index in [9.17, 15) is 5.26 Å². The molecule has 0 radical (unpaired) electrons. The number of nitriles is 1. The highest BCUT2D eigenvalue weighted by atomic mass is 35.5. The van der Waals surface area contributed by atoms with Gasteiger partial charge in [-0.2, -0.15) is 5.26 Å². The van der Waals surface area contributed by atoms with Gasteiger partial charge in [-0.15, -0.1) is 0 Å². The van der Waals surface area contributed by atoms with Crippen LogP contribution in [0.25, 0.3) is 22.7 Å². The molecule has 5 nitrogen and oxygen atoms in total. The van der Waals surface area contributed by atoms with Crippen LogP contribution in [0.2, 0.25) is 5.02 Å². The Kier molecular flexibility index (Phi) is 5.15. The molecule has 0 saturated heterocycles. The largest absolute Gasteiger partial charge is 0.491 e. The molecule has 6 heteroatoms. The summed E-state index contributed by atoms with van der Waals surface area (Å²) in [6, 6.07) is 13.5. The Hall–Kier alpha value is -2.97. The van der Waals surface area contributed by atoms with E-state index in [-0.39, 0.29) is 0 Å². The van der Waals surface area contributed by atoms with Crippen LogP contribution in [0.15, 0.2) is 36.4 Å². The molecule has 0 N–H and O–H groups in total. The molecule has 3 aromatic rings. The molecule has 0 atom stereocenters. The Bertz CT molecular complexity index is 1030. The second-order valence-electron chi connectivity index (χ2n) is 5.62. The molecule has 0 unspecified atom stereocenters. The third-order valence-electron chi connectivity index (χ3n) is 4.00. The van der Waals surface area contributed by atoms with Crippen molar-refractivity contribution in [2.45, 2.75) is 6.92 Å². The number of para-hydroxylation sites is 2. The second-order valence-corrected chi connectivity index (χ2v) is 6.03. The van der Waals surface area contributed by atoms with E-state index < -0.39 is 0 Å². The molecule has 0 aliphatic rings. The molecule has 3 rings (SSSR count). The number of hydrogen-bond donors (Lipinski definition) is 0. The van der Waals surface area contributed by atoms with Gasteiger partial charge in [0.2, 0.25) is 0 Å². The van der Waals surface area contributed by atoms with Gasteiger partial charge < -0.3 is 14.0 Å². The number of methoxy groups -OCH3 is 1. The third-order valence-corrected chi connectivity index (χ3v) is 4.28. The maximum absolute atomic E-state index is 9.67. The number of benzene rings is 2. The summed E-state index contributed by atoms with van der Waals surface area (Å²) in [6.07, 6.45) is 1.75. The Morgan fingerprint density at radius 1 is 1.35 bits per heavy atom. The number of hydrogen-bond acceptors (Lipinski definition) is 4. The first kappa shape index (κ1) is 17.8. The topological polar surface area (TPSA) is 60.1 Å². The lowest BCUT2D eigenvalue weighted by atomic mass is 10.1. The fourth-order valence-electron chi connectivity index (χ4n) is 2.83. The van der Waals surface area contributed by atoms with Crippen molar-refractivity contribution in [3.05, 3.63) is 52.8 Å². The normalized spacial score (nSPS) is 11.4. The van der Waals surface area contributed by atoms with Gasteiger partial charge in [0.1, 0.15) is 6.07 Å². The summed E-state index contributed by atoms with van der Waals surface area (Å²) in [5, 5.41) is 10.1. The molecule has 2 aromatic carbocycles. The molecule has 132 valence electrons. The Morgan fingerprint density at radius 3 is 2.77 bits per heavy atom. The summed E-state index contributed by atoms with van der Waals surface area (Å²) in [4.78, 5) is 4.58. The smallest absolute Gasteiger partial charge is 0.179 e. The van der Waals surface area contributed by atoms with Crippen LogP contribution in [0, 0.1) is 11.3 Å². The van der Waals surface area contributed by atoms with Gasteiger partial charge in [0.05, 0.1) is 35.3 Å². The highest BCUT2D eigenvalue weighted by Gasteiger charge is 2.14. The van der Waals surface area contributed by atoms with Crippen LogP contribution in [0.5, 0.6) is 11.5 Å². The van der Waals surface area contributed by atoms with Gasteiger partial charge in [0.15, 0.2) is 17.3 Å². The van der Waals surface area contributed by atoms with Crippen molar-refractivity contribution in [3.63, 3.8) is 0 Å². The first-order chi connectivity index (χ1) is 12.6. The van der Waals surface area contributed by atoms with E-state index in [2.05, 4.69) is 11.1 Å². The monoisotopic (exact) mass is 367 g/mol. The number of ether oxygens (including phenoxy) is 2. The lowest BCUT2D eigenvalue weighted by Crippen LogP contribution is -1.98. The van der Waals surface area contributed by atoms with Crippen LogP contribution in [0.4, 0.5) is 0 Å². The van der Waals surface area contributed by atoms with E-state index in [1.807, 2.05) is 42.8 Å². The summed E-state index contributed by atoms with van der Waals surface area (Å²) in [6.45, 7) is 2.37. The van der Waals surface area contributed by atoms with Crippen molar-refractivity contribution in [3.8, 4) is 17.6 Å². The van der Waals surface area contributed by atoms with Gasteiger partial charge in [-0.1, -0.05) is 23.7 Å². The molecule has 0 aliphatic heterocycles. The Labute approximate surface area is 157 Å². The highest BCUT2D eigenvalue weighted by molar-refractivity contribution is 6.32. The minimum Gasteiger partial charge on any atom is -0.491 e. The average molecular weight is 368 g/mol. The Balaban J connectivity index is 2.12. The first-order valence-corrected chi connectivity index (χ1v) is 8.50. The van der Waals surface area contributed by atoms with Gasteiger partial charge >= 0.3 is 0 Å². The van der Waals surface area contributed by atoms with Gasteiger partial charge in [0, 0.05) is 7.05 Å². The molecule has 0 fully saturated rings. The molecule has 0 bridgehead atoms. The molecule has 1 heterocycles. The first-order valence-electron chi connectivity index (χ1n) is 8.13. The molecular formula is C20H18ClN3O2. The number of fused-ring (bicyclic) bond motifs is 1. The number of aryl methyl sites for hydroxylation is 1. The van der Waals surface area contributed by atoms with Crippen LogP contribution in [0.3, 0.4) is 0 Å². The number of allylic oxidation sites excluding steroid dienone is 1. The minimum absolute atomic E-state index is 0.423. The molecular weight excluding hydrogens is 350 g/mol. The maximum atomic E-state index is 9.67. The lowest BCUT2D eigenvalue weighted by Gasteiger charge is -2.12. The summed E-state index contributed by atoms with van der Waals surface area (Å²) in [7, 11) is 3.43. The van der Waals surface area contributed by atoms with E-state index in [4.69, 9.17) is 21.1 Å². The van der Waals surface area contributed by atoms with Crippen molar-refractivity contribution in [2.24, 2.45) is 7.05 Å². The second kappa shape index (κ2) is 7.51. The third kappa shape index (κ3) is 3.24. The fraction of sp³-hybridized carbons (Fsp3) is 0.200. The van der Waals surface area contributed by atoms with Crippen molar-refractivity contribution in [1.82, 2.24) is 9.55 Å². The zero-order chi connectivity index (χ0) is 18.7. The molecule has 0 aliphatic carbocycles. The standard InChI is InChI=1S/C20H18ClN3O2/c1-4-26-18-11-13(10-15(21)19(18)25-3)9-14(12-22)20-23-16-7-5-6-8-17(16)24(20)2/h5-11H,4H2,1-3H3/b14-9+. The van der Waals surface area contributed by atoms with Crippen LogP contribution < -0.4 is 9.47 Å². The predicted octanol–water partition coefficient (Wildman–Crippen LogP) is 4.70. The average Bonchev–Trinajstić information content (AvgIpc) is 2.97. The quantitative estimate of drug-likeness (QED) is 0.613. The minimum atomic E-state index is 0.423. The van der Waals surface area contributed by atoms with Gasteiger partial charge in [-0.3, -0.25) is 0 Å². The van der Waals surface area contributed by atoms with Crippen LogP contribution in [-0.2, 0) is 7.05 Å². The van der Waals surface area contributed by atoms with Crippen LogP contribution in [0.1, 0.15) is 18.3 Å². The van der Waals surface area contributed by atoms with E-state index >= 15 is 0 Å². The van der Waals surface area contributed by atoms with E-state index in [0.29, 0.717) is 34.5 Å². The fourth-order valence-corrected chi connectivity index (χ4v) is 3.13. The number of imidazole rings is 1. The maximum Gasteiger partial charge on any atom is 0.179 e. The SMILES string of the molecule is CCOc1cc(/C=C(\C#N)c2nc3ccccc3n2C)cc(Cl)c1OC. The Morgan fingerprint density at radius 2 is 2.12 bits per heavy atom. The van der Waals surface area contributed by atoms with Crippen molar-refractivity contribution >= 4 is 34.3 Å². The number of halogens is 1. The van der Waals surface area contributed by atoms with Crippen LogP contribution >= 0.6 is 11.6 Å². The summed E-state index contributed by atoms with van der Waals surface area (Å²) < 4.78 is 12.8. The van der Waals surface area contributed by atoms with E-state index in [0.717, 1.165) is 16.6 Å². The summed E-state index contributed by atoms with van der Waals surface area (Å²) >= 11 is 6.30. The number of rotatable bonds is 5. The number of aromatic nitrogens is 2. The molecule has 1 aromatic heterocycles. The summed E-state index contributed by atoms with van der Waals surface area (Å²) in [5.41, 5.74) is 2.98. The van der Waals surface area contributed by atoms with Gasteiger partial charge in [-0.25, -0.2) is 4.98 Å². The van der Waals surface area contributed by atoms with Gasteiger partial charge in [-0.05, 0) is 42.8 Å². The summed E-state index contributed by atoms with van der Waals surface area (Å²) in [5.74, 6) is 1.61. The van der Waals surface area contributed by atoms with Crippen LogP contribution in [-0.4, -0.2) is 23.3 Å². The van der Waals surface area contributed by atoms with Crippen molar-refractivity contribution in [1.29, 1.82) is 5.26 Å².